The predicted molar refractivity (Wildman–Crippen MR) is 184 cm³/mol. The number of allylic oxidation sites excluding steroid dienone is 5. The smallest absolute Gasteiger partial charge is 0.189 e. The fourth-order valence-corrected chi connectivity index (χ4v) is 6.34. The van der Waals surface area contributed by atoms with Gasteiger partial charge in [-0.2, -0.15) is 0 Å². The minimum Gasteiger partial charge on any atom is -0.508 e. The summed E-state index contributed by atoms with van der Waals surface area (Å²) >= 11 is 0. The molecule has 0 bridgehead atoms. The molecule has 0 heterocycles. The van der Waals surface area contributed by atoms with E-state index >= 15 is 0 Å². The number of rotatable bonds is 9. The number of benzene rings is 4. The zero-order valence-corrected chi connectivity index (χ0v) is 26.9. The van der Waals surface area contributed by atoms with Crippen LogP contribution in [0.15, 0.2) is 102 Å². The molecule has 4 aromatic carbocycles. The van der Waals surface area contributed by atoms with Gasteiger partial charge in [0.2, 0.25) is 0 Å². The second kappa shape index (κ2) is 13.9. The lowest BCUT2D eigenvalue weighted by molar-refractivity contribution is 0.0877. The minimum atomic E-state index is -0.986. The molecule has 0 saturated heterocycles. The van der Waals surface area contributed by atoms with E-state index in [1.165, 1.54) is 60.7 Å². The van der Waals surface area contributed by atoms with Gasteiger partial charge in [-0.05, 0) is 105 Å². The topological polar surface area (TPSA) is 156 Å². The maximum absolute atomic E-state index is 14.7. The molecule has 4 aromatic rings. The highest BCUT2D eigenvalue weighted by atomic mass is 16.3. The first-order valence-corrected chi connectivity index (χ1v) is 15.6. The van der Waals surface area contributed by atoms with Crippen LogP contribution >= 0.6 is 0 Å². The summed E-state index contributed by atoms with van der Waals surface area (Å²) in [7, 11) is 0. The standard InChI is InChI=1S/C40H38O8/c1-22(2)4-14-28-34(44)18-16-30(38(28)46)40(48)36-31(25-8-12-27(42)13-9-25)20-23(3)21-32(36)37-35(45)19-15-29(39(37)47)33(43)17-7-24-5-10-26(41)11-6-24/h4-13,15-19,21,31-32,36,41-42,44-47H,14,20H2,1-3H3/t31-,32+,36-/m1/s1. The molecule has 1 aliphatic carbocycles. The summed E-state index contributed by atoms with van der Waals surface area (Å²) in [4.78, 5) is 28.0. The molecular weight excluding hydrogens is 608 g/mol. The van der Waals surface area contributed by atoms with Gasteiger partial charge in [-0.15, -0.1) is 0 Å². The Bertz CT molecular complexity index is 1940. The van der Waals surface area contributed by atoms with Crippen molar-refractivity contribution in [3.63, 3.8) is 0 Å². The number of hydrogen-bond donors (Lipinski definition) is 6. The lowest BCUT2D eigenvalue weighted by Gasteiger charge is -2.37. The first-order chi connectivity index (χ1) is 22.8. The van der Waals surface area contributed by atoms with Crippen LogP contribution in [0.3, 0.4) is 0 Å². The maximum Gasteiger partial charge on any atom is 0.189 e. The van der Waals surface area contributed by atoms with E-state index in [-0.39, 0.29) is 57.4 Å². The van der Waals surface area contributed by atoms with Crippen molar-refractivity contribution in [3.05, 3.63) is 136 Å². The fraction of sp³-hybridized carbons (Fsp3) is 0.200. The van der Waals surface area contributed by atoms with E-state index in [1.54, 1.807) is 30.3 Å². The molecular formula is C40H38O8. The molecule has 8 nitrogen and oxygen atoms in total. The Morgan fingerprint density at radius 1 is 0.750 bits per heavy atom. The second-order valence-corrected chi connectivity index (χ2v) is 12.5. The van der Waals surface area contributed by atoms with Gasteiger partial charge >= 0.3 is 0 Å². The summed E-state index contributed by atoms with van der Waals surface area (Å²) < 4.78 is 0. The highest BCUT2D eigenvalue weighted by Gasteiger charge is 2.43. The van der Waals surface area contributed by atoms with Gasteiger partial charge in [-0.3, -0.25) is 9.59 Å². The summed E-state index contributed by atoms with van der Waals surface area (Å²) in [5.74, 6) is -4.66. The van der Waals surface area contributed by atoms with E-state index in [2.05, 4.69) is 0 Å². The van der Waals surface area contributed by atoms with Gasteiger partial charge in [0, 0.05) is 23.0 Å². The van der Waals surface area contributed by atoms with Gasteiger partial charge in [0.1, 0.15) is 34.5 Å². The van der Waals surface area contributed by atoms with Crippen LogP contribution in [-0.2, 0) is 6.42 Å². The summed E-state index contributed by atoms with van der Waals surface area (Å²) in [6, 6.07) is 18.0. The third kappa shape index (κ3) is 6.98. The van der Waals surface area contributed by atoms with E-state index < -0.39 is 35.1 Å². The van der Waals surface area contributed by atoms with Crippen LogP contribution in [-0.4, -0.2) is 42.2 Å². The Hall–Kier alpha value is -5.76. The van der Waals surface area contributed by atoms with Crippen molar-refractivity contribution in [2.45, 2.75) is 45.4 Å². The molecule has 0 aliphatic heterocycles. The zero-order chi connectivity index (χ0) is 34.7. The van der Waals surface area contributed by atoms with Crippen molar-refractivity contribution in [1.29, 1.82) is 0 Å². The lowest BCUT2D eigenvalue weighted by atomic mass is 9.65. The van der Waals surface area contributed by atoms with Crippen LogP contribution in [0.2, 0.25) is 0 Å². The summed E-state index contributed by atoms with van der Waals surface area (Å²) in [5, 5.41) is 64.3. The van der Waals surface area contributed by atoms with Crippen molar-refractivity contribution in [2.75, 3.05) is 0 Å². The van der Waals surface area contributed by atoms with Gasteiger partial charge < -0.3 is 30.6 Å². The van der Waals surface area contributed by atoms with Crippen molar-refractivity contribution in [1.82, 2.24) is 0 Å². The van der Waals surface area contributed by atoms with Crippen molar-refractivity contribution < 1.29 is 40.2 Å². The third-order valence-electron chi connectivity index (χ3n) is 8.80. The number of carbonyl (C=O) groups excluding carboxylic acids is 2. The third-order valence-corrected chi connectivity index (χ3v) is 8.80. The van der Waals surface area contributed by atoms with Crippen LogP contribution in [0, 0.1) is 5.92 Å². The zero-order valence-electron chi connectivity index (χ0n) is 26.9. The molecule has 0 unspecified atom stereocenters. The van der Waals surface area contributed by atoms with Crippen molar-refractivity contribution in [3.8, 4) is 34.5 Å². The first kappa shape index (κ1) is 33.6. The Balaban J connectivity index is 1.65. The molecule has 0 aromatic heterocycles. The lowest BCUT2D eigenvalue weighted by Crippen LogP contribution is -2.31. The molecule has 1 aliphatic rings. The Morgan fingerprint density at radius 2 is 1.35 bits per heavy atom. The average Bonchev–Trinajstić information content (AvgIpc) is 3.04. The quantitative estimate of drug-likeness (QED) is 0.0606. The van der Waals surface area contributed by atoms with E-state index in [9.17, 15) is 40.2 Å². The molecule has 0 spiro atoms. The van der Waals surface area contributed by atoms with Crippen molar-refractivity contribution >= 4 is 17.6 Å². The normalized spacial score (nSPS) is 17.6. The fourth-order valence-electron chi connectivity index (χ4n) is 6.34. The molecule has 0 fully saturated rings. The number of carbonyl (C=O) groups is 2. The van der Waals surface area contributed by atoms with Crippen molar-refractivity contribution in [2.24, 2.45) is 5.92 Å². The number of phenolic OH excluding ortho intramolecular Hbond substituents is 6. The molecule has 3 atom stereocenters. The number of aromatic hydroxyl groups is 6. The van der Waals surface area contributed by atoms with Gasteiger partial charge in [-0.25, -0.2) is 0 Å². The van der Waals surface area contributed by atoms with Crippen LogP contribution < -0.4 is 0 Å². The monoisotopic (exact) mass is 646 g/mol. The van der Waals surface area contributed by atoms with E-state index in [4.69, 9.17) is 0 Å². The van der Waals surface area contributed by atoms with E-state index in [0.29, 0.717) is 12.0 Å². The predicted octanol–water partition coefficient (Wildman–Crippen LogP) is 8.04. The SMILES string of the molecule is CC(C)=CCc1c(O)ccc(C(=O)[C@H]2[C@@H](c3c(O)ccc(C(=O)C=Cc4ccc(O)cc4)c3O)C=C(C)C[C@@H]2c2ccc(O)cc2)c1O. The van der Waals surface area contributed by atoms with E-state index in [0.717, 1.165) is 16.7 Å². The molecule has 246 valence electrons. The van der Waals surface area contributed by atoms with Gasteiger partial charge in [0.15, 0.2) is 11.6 Å². The summed E-state index contributed by atoms with van der Waals surface area (Å²) in [6.07, 6.45) is 7.04. The second-order valence-electron chi connectivity index (χ2n) is 12.5. The van der Waals surface area contributed by atoms with Gasteiger partial charge in [0.05, 0.1) is 11.1 Å². The Labute approximate surface area is 278 Å². The summed E-state index contributed by atoms with van der Waals surface area (Å²) in [6.45, 7) is 5.64. The minimum absolute atomic E-state index is 0.0110. The highest BCUT2D eigenvalue weighted by Crippen LogP contribution is 2.52. The van der Waals surface area contributed by atoms with Gasteiger partial charge in [-0.1, -0.05) is 53.6 Å². The molecule has 6 N–H and O–H groups in total. The highest BCUT2D eigenvalue weighted by molar-refractivity contribution is 6.09. The molecule has 0 amide bonds. The first-order valence-electron chi connectivity index (χ1n) is 15.6. The summed E-state index contributed by atoms with van der Waals surface area (Å²) in [5.41, 5.74) is 3.26. The van der Waals surface area contributed by atoms with Crippen LogP contribution in [0.1, 0.15) is 82.0 Å². The number of ketones is 2. The number of phenols is 6. The maximum atomic E-state index is 14.7. The number of hydrogen-bond acceptors (Lipinski definition) is 8. The molecule has 48 heavy (non-hydrogen) atoms. The average molecular weight is 647 g/mol. The van der Waals surface area contributed by atoms with E-state index in [1.807, 2.05) is 26.8 Å². The molecule has 0 radical (unpaired) electrons. The van der Waals surface area contributed by atoms with Crippen LogP contribution in [0.4, 0.5) is 0 Å². The molecule has 0 saturated carbocycles. The molecule has 8 heteroatoms. The Kier molecular flexibility index (Phi) is 9.75. The Morgan fingerprint density at radius 3 is 2.00 bits per heavy atom. The molecule has 5 rings (SSSR count). The van der Waals surface area contributed by atoms with Crippen LogP contribution in [0.5, 0.6) is 34.5 Å². The largest absolute Gasteiger partial charge is 0.508 e. The van der Waals surface area contributed by atoms with Crippen LogP contribution in [0.25, 0.3) is 6.08 Å². The number of Topliss-reactive ketones (excluding diaryl/α,β-unsaturated/α-hetero) is 1. The van der Waals surface area contributed by atoms with Gasteiger partial charge in [0.25, 0.3) is 0 Å².